The molecule has 1 saturated carbocycles. The Morgan fingerprint density at radius 3 is 2.49 bits per heavy atom. The first-order valence-electron chi connectivity index (χ1n) is 14.0. The fourth-order valence-electron chi connectivity index (χ4n) is 5.76. The van der Waals surface area contributed by atoms with E-state index in [2.05, 4.69) is 17.1 Å². The molecule has 0 saturated heterocycles. The van der Waals surface area contributed by atoms with Gasteiger partial charge in [-0.2, -0.15) is 18.4 Å². The van der Waals surface area contributed by atoms with Crippen LogP contribution in [0.3, 0.4) is 0 Å². The van der Waals surface area contributed by atoms with Crippen molar-refractivity contribution in [2.75, 3.05) is 6.54 Å². The number of rotatable bonds is 5. The molecule has 3 aromatic carbocycles. The van der Waals surface area contributed by atoms with E-state index >= 15 is 0 Å². The molecule has 1 aliphatic carbocycles. The van der Waals surface area contributed by atoms with Crippen molar-refractivity contribution in [1.82, 2.24) is 14.9 Å². The number of amides is 1. The number of halogens is 3. The fraction of sp³-hybridized carbons (Fsp3) is 0.273. The standard InChI is InChI=1S/C33H27F3N4O3/c34-33(35,36)25-7-2-5-23(17-25)28(41)30(43)40-15-3-8-27-26(19-40)29(42)39-31(38-27)32(13-14-32)24-6-1-4-22(16-24)21-11-9-20(18-37)10-12-21/h1-2,4-7,9-12,16-17,28,41H,3,8,13-15,19H2,(H,38,39,42)/t28-/m1/s1. The smallest absolute Gasteiger partial charge is 0.378 e. The van der Waals surface area contributed by atoms with E-state index in [-0.39, 0.29) is 24.2 Å². The van der Waals surface area contributed by atoms with Gasteiger partial charge in [0.05, 0.1) is 40.4 Å². The SMILES string of the molecule is N#Cc1ccc(-c2cccc(C3(c4nc5c(c(=O)[nH]4)CN(C(=O)[C@H](O)c4cccc(C(F)(F)F)c4)CCC5)CC3)c2)cc1. The molecule has 10 heteroatoms. The predicted octanol–water partition coefficient (Wildman–Crippen LogP) is 5.42. The monoisotopic (exact) mass is 584 g/mol. The molecule has 7 nitrogen and oxygen atoms in total. The van der Waals surface area contributed by atoms with Crippen molar-refractivity contribution < 1.29 is 23.1 Å². The molecule has 1 atom stereocenters. The van der Waals surface area contributed by atoms with E-state index in [4.69, 9.17) is 10.2 Å². The minimum Gasteiger partial charge on any atom is -0.378 e. The third-order valence-electron chi connectivity index (χ3n) is 8.33. The molecule has 2 N–H and O–H groups in total. The van der Waals surface area contributed by atoms with Gasteiger partial charge in [-0.15, -0.1) is 0 Å². The zero-order valence-electron chi connectivity index (χ0n) is 23.0. The van der Waals surface area contributed by atoms with Gasteiger partial charge in [0, 0.05) is 6.54 Å². The Morgan fingerprint density at radius 1 is 1.05 bits per heavy atom. The second-order valence-corrected chi connectivity index (χ2v) is 11.1. The summed E-state index contributed by atoms with van der Waals surface area (Å²) in [7, 11) is 0. The van der Waals surface area contributed by atoms with Crippen molar-refractivity contribution in [1.29, 1.82) is 5.26 Å². The number of nitrogens with zero attached hydrogens (tertiary/aromatic N) is 3. The number of nitrogens with one attached hydrogen (secondary N) is 1. The Morgan fingerprint density at radius 2 is 1.79 bits per heavy atom. The number of alkyl halides is 3. The Labute approximate surface area is 245 Å². The van der Waals surface area contributed by atoms with Gasteiger partial charge in [-0.3, -0.25) is 9.59 Å². The molecular formula is C33H27F3N4O3. The van der Waals surface area contributed by atoms with Crippen LogP contribution in [-0.4, -0.2) is 32.4 Å². The van der Waals surface area contributed by atoms with Crippen LogP contribution in [0.5, 0.6) is 0 Å². The van der Waals surface area contributed by atoms with Crippen LogP contribution in [0.4, 0.5) is 13.2 Å². The number of nitriles is 1. The van der Waals surface area contributed by atoms with E-state index < -0.39 is 29.2 Å². The van der Waals surface area contributed by atoms with Crippen LogP contribution in [0.25, 0.3) is 11.1 Å². The number of fused-ring (bicyclic) bond motifs is 1. The van der Waals surface area contributed by atoms with E-state index in [1.807, 2.05) is 30.3 Å². The first-order valence-corrected chi connectivity index (χ1v) is 14.0. The van der Waals surface area contributed by atoms with Gasteiger partial charge in [-0.1, -0.05) is 48.5 Å². The maximum absolute atomic E-state index is 13.4. The largest absolute Gasteiger partial charge is 0.416 e. The van der Waals surface area contributed by atoms with Crippen molar-refractivity contribution in [3.05, 3.63) is 122 Å². The number of benzene rings is 3. The molecule has 0 radical (unpaired) electrons. The number of hydrogen-bond acceptors (Lipinski definition) is 5. The lowest BCUT2D eigenvalue weighted by atomic mass is 9.91. The summed E-state index contributed by atoms with van der Waals surface area (Å²) in [6.45, 7) is 0.117. The molecule has 0 unspecified atom stereocenters. The maximum Gasteiger partial charge on any atom is 0.416 e. The van der Waals surface area contributed by atoms with Gasteiger partial charge >= 0.3 is 6.18 Å². The van der Waals surface area contributed by atoms with Crippen LogP contribution in [0.1, 0.15) is 64.7 Å². The average Bonchev–Trinajstić information content (AvgIpc) is 3.85. The van der Waals surface area contributed by atoms with Gasteiger partial charge in [0.15, 0.2) is 6.10 Å². The summed E-state index contributed by atoms with van der Waals surface area (Å²) in [6, 6.07) is 21.6. The lowest BCUT2D eigenvalue weighted by molar-refractivity contribution is -0.142. The number of hydrogen-bond donors (Lipinski definition) is 2. The average molecular weight is 585 g/mol. The highest BCUT2D eigenvalue weighted by Crippen LogP contribution is 2.52. The minimum absolute atomic E-state index is 0.103. The third-order valence-corrected chi connectivity index (χ3v) is 8.33. The highest BCUT2D eigenvalue weighted by Gasteiger charge is 2.49. The Balaban J connectivity index is 1.26. The minimum atomic E-state index is -4.61. The summed E-state index contributed by atoms with van der Waals surface area (Å²) < 4.78 is 39.5. The number of H-pyrrole nitrogens is 1. The Kier molecular flexibility index (Phi) is 7.14. The number of aromatic nitrogens is 2. The first kappa shape index (κ1) is 28.4. The summed E-state index contributed by atoms with van der Waals surface area (Å²) >= 11 is 0. The molecule has 1 aromatic heterocycles. The van der Waals surface area contributed by atoms with Gasteiger partial charge < -0.3 is 15.0 Å². The fourth-order valence-corrected chi connectivity index (χ4v) is 5.76. The second kappa shape index (κ2) is 10.8. The Bertz CT molecular complexity index is 1800. The molecule has 2 aliphatic rings. The van der Waals surface area contributed by atoms with E-state index in [1.165, 1.54) is 11.0 Å². The summed E-state index contributed by atoms with van der Waals surface area (Å²) in [5.74, 6) is -0.203. The van der Waals surface area contributed by atoms with Crippen LogP contribution in [-0.2, 0) is 29.4 Å². The van der Waals surface area contributed by atoms with E-state index in [0.717, 1.165) is 47.7 Å². The molecule has 1 aliphatic heterocycles. The topological polar surface area (TPSA) is 110 Å². The van der Waals surface area contributed by atoms with Crippen LogP contribution < -0.4 is 5.56 Å². The number of carbonyl (C=O) groups is 1. The van der Waals surface area contributed by atoms with Gasteiger partial charge in [0.2, 0.25) is 0 Å². The van der Waals surface area contributed by atoms with Crippen LogP contribution in [0.2, 0.25) is 0 Å². The number of aryl methyl sites for hydroxylation is 1. The molecular weight excluding hydrogens is 557 g/mol. The molecule has 6 rings (SSSR count). The van der Waals surface area contributed by atoms with E-state index in [1.54, 1.807) is 12.1 Å². The molecule has 4 aromatic rings. The first-order chi connectivity index (χ1) is 20.6. The van der Waals surface area contributed by atoms with Gasteiger partial charge in [-0.05, 0) is 72.2 Å². The van der Waals surface area contributed by atoms with Gasteiger partial charge in [0.25, 0.3) is 11.5 Å². The maximum atomic E-state index is 13.4. The normalized spacial score (nSPS) is 16.5. The van der Waals surface area contributed by atoms with Crippen LogP contribution in [0.15, 0.2) is 77.6 Å². The lowest BCUT2D eigenvalue weighted by Crippen LogP contribution is -2.36. The molecule has 1 amide bonds. The van der Waals surface area contributed by atoms with Gasteiger partial charge in [0.1, 0.15) is 5.82 Å². The molecule has 0 spiro atoms. The quantitative estimate of drug-likeness (QED) is 0.326. The molecule has 2 heterocycles. The van der Waals surface area contributed by atoms with Crippen LogP contribution >= 0.6 is 0 Å². The molecule has 43 heavy (non-hydrogen) atoms. The van der Waals surface area contributed by atoms with E-state index in [0.29, 0.717) is 35.5 Å². The van der Waals surface area contributed by atoms with Crippen molar-refractivity contribution in [2.45, 2.75) is 49.9 Å². The highest BCUT2D eigenvalue weighted by molar-refractivity contribution is 5.82. The summed E-state index contributed by atoms with van der Waals surface area (Å²) in [6.07, 6.45) is -3.88. The summed E-state index contributed by atoms with van der Waals surface area (Å²) in [4.78, 5) is 35.7. The molecule has 1 fully saturated rings. The van der Waals surface area contributed by atoms with E-state index in [9.17, 15) is 27.9 Å². The van der Waals surface area contributed by atoms with Crippen molar-refractivity contribution in [3.8, 4) is 17.2 Å². The zero-order valence-corrected chi connectivity index (χ0v) is 23.0. The zero-order chi connectivity index (χ0) is 30.4. The van der Waals surface area contributed by atoms with Crippen molar-refractivity contribution in [2.24, 2.45) is 0 Å². The predicted molar refractivity (Wildman–Crippen MR) is 152 cm³/mol. The number of carbonyl (C=O) groups excluding carboxylic acids is 1. The molecule has 218 valence electrons. The van der Waals surface area contributed by atoms with Crippen molar-refractivity contribution >= 4 is 5.91 Å². The third kappa shape index (κ3) is 5.44. The number of aliphatic hydroxyl groups is 1. The number of aliphatic hydroxyl groups excluding tert-OH is 1. The van der Waals surface area contributed by atoms with Crippen LogP contribution in [0, 0.1) is 11.3 Å². The second-order valence-electron chi connectivity index (χ2n) is 11.1. The summed E-state index contributed by atoms with van der Waals surface area (Å²) in [5.41, 5.74) is 2.51. The Hall–Kier alpha value is -4.75. The van der Waals surface area contributed by atoms with Gasteiger partial charge in [-0.25, -0.2) is 4.98 Å². The lowest BCUT2D eigenvalue weighted by Gasteiger charge is -2.24. The summed E-state index contributed by atoms with van der Waals surface area (Å²) in [5, 5.41) is 19.8. The highest BCUT2D eigenvalue weighted by atomic mass is 19.4. The molecule has 0 bridgehead atoms. The number of aromatic amines is 1. The van der Waals surface area contributed by atoms with Crippen molar-refractivity contribution in [3.63, 3.8) is 0 Å².